The van der Waals surface area contributed by atoms with E-state index in [-0.39, 0.29) is 43.7 Å². The fraction of sp³-hybridized carbons (Fsp3) is 0.500. The third-order valence-corrected chi connectivity index (χ3v) is 6.00. The van der Waals surface area contributed by atoms with Gasteiger partial charge in [0.1, 0.15) is 19.1 Å². The minimum Gasteiger partial charge on any atom is -0.447 e. The summed E-state index contributed by atoms with van der Waals surface area (Å²) >= 11 is 0. The van der Waals surface area contributed by atoms with Crippen LogP contribution in [-0.2, 0) is 15.7 Å². The SMILES string of the molecule is CC1CC(C(=O)CCCNC(=O)c2cn(-c3ccccc3)nc2C(F)(F)F)CCN1C(=O)OCCF. The van der Waals surface area contributed by atoms with Gasteiger partial charge in [-0.15, -0.1) is 0 Å². The largest absolute Gasteiger partial charge is 0.447 e. The number of hydrogen-bond donors (Lipinski definition) is 1. The lowest BCUT2D eigenvalue weighted by Crippen LogP contribution is -2.46. The average molecular weight is 513 g/mol. The van der Waals surface area contributed by atoms with Crippen molar-refractivity contribution in [1.82, 2.24) is 20.0 Å². The second-order valence-electron chi connectivity index (χ2n) is 8.56. The number of halogens is 4. The summed E-state index contributed by atoms with van der Waals surface area (Å²) in [4.78, 5) is 38.5. The third-order valence-electron chi connectivity index (χ3n) is 6.00. The van der Waals surface area contributed by atoms with Crippen molar-refractivity contribution in [3.05, 3.63) is 47.8 Å². The minimum absolute atomic E-state index is 0.0162. The van der Waals surface area contributed by atoms with E-state index in [4.69, 9.17) is 4.74 Å². The van der Waals surface area contributed by atoms with Gasteiger partial charge >= 0.3 is 12.3 Å². The standard InChI is InChI=1S/C24H28F4N4O4/c1-16-14-17(9-12-31(16)23(35)36-13-10-25)20(33)8-5-11-29-22(34)19-15-32(18-6-3-2-4-7-18)30-21(19)24(26,27)28/h2-4,6-7,15-17H,5,8-14H2,1H3,(H,29,34). The van der Waals surface area contributed by atoms with Gasteiger partial charge in [0.2, 0.25) is 0 Å². The number of nitrogens with one attached hydrogen (secondary N) is 1. The van der Waals surface area contributed by atoms with Gasteiger partial charge in [-0.1, -0.05) is 18.2 Å². The molecule has 1 saturated heterocycles. The number of carbonyl (C=O) groups excluding carboxylic acids is 3. The molecule has 1 aromatic carbocycles. The van der Waals surface area contributed by atoms with Crippen molar-refractivity contribution >= 4 is 17.8 Å². The fourth-order valence-corrected chi connectivity index (χ4v) is 4.17. The van der Waals surface area contributed by atoms with Crippen molar-refractivity contribution in [3.8, 4) is 5.69 Å². The summed E-state index contributed by atoms with van der Waals surface area (Å²) in [6.07, 6.45) is -3.12. The molecule has 2 atom stereocenters. The normalized spacial score (nSPS) is 18.1. The molecule has 8 nitrogen and oxygen atoms in total. The van der Waals surface area contributed by atoms with Gasteiger partial charge in [-0.3, -0.25) is 9.59 Å². The molecule has 2 aromatic rings. The highest BCUT2D eigenvalue weighted by atomic mass is 19.4. The molecule has 1 aliphatic heterocycles. The molecule has 0 spiro atoms. The van der Waals surface area contributed by atoms with Gasteiger partial charge < -0.3 is 15.0 Å². The van der Waals surface area contributed by atoms with Gasteiger partial charge in [-0.2, -0.15) is 18.3 Å². The van der Waals surface area contributed by atoms with Gasteiger partial charge in [0.15, 0.2) is 5.69 Å². The summed E-state index contributed by atoms with van der Waals surface area (Å²) < 4.78 is 58.4. The number of benzene rings is 1. The van der Waals surface area contributed by atoms with Crippen molar-refractivity contribution < 1.29 is 36.7 Å². The summed E-state index contributed by atoms with van der Waals surface area (Å²) in [7, 11) is 0. The monoisotopic (exact) mass is 512 g/mol. The Morgan fingerprint density at radius 3 is 2.56 bits per heavy atom. The smallest absolute Gasteiger partial charge is 0.435 e. The van der Waals surface area contributed by atoms with Crippen molar-refractivity contribution in [2.75, 3.05) is 26.4 Å². The van der Waals surface area contributed by atoms with Gasteiger partial charge in [0.25, 0.3) is 5.91 Å². The van der Waals surface area contributed by atoms with E-state index in [0.29, 0.717) is 25.1 Å². The zero-order chi connectivity index (χ0) is 26.3. The molecular formula is C24H28F4N4O4. The zero-order valence-electron chi connectivity index (χ0n) is 19.8. The summed E-state index contributed by atoms with van der Waals surface area (Å²) in [5, 5.41) is 5.99. The van der Waals surface area contributed by atoms with E-state index < -0.39 is 36.1 Å². The molecule has 1 aliphatic rings. The van der Waals surface area contributed by atoms with E-state index in [0.717, 1.165) is 10.9 Å². The van der Waals surface area contributed by atoms with E-state index in [1.807, 2.05) is 0 Å². The number of likely N-dealkylation sites (tertiary alicyclic amines) is 1. The number of carbonyl (C=O) groups is 3. The first-order valence-electron chi connectivity index (χ1n) is 11.6. The predicted molar refractivity (Wildman–Crippen MR) is 121 cm³/mol. The molecule has 0 bridgehead atoms. The number of rotatable bonds is 9. The van der Waals surface area contributed by atoms with Crippen molar-refractivity contribution in [3.63, 3.8) is 0 Å². The highest BCUT2D eigenvalue weighted by molar-refractivity contribution is 5.95. The van der Waals surface area contributed by atoms with Gasteiger partial charge in [0.05, 0.1) is 11.3 Å². The van der Waals surface area contributed by atoms with Crippen LogP contribution in [0.4, 0.5) is 22.4 Å². The topological polar surface area (TPSA) is 93.5 Å². The number of ketones is 1. The molecule has 12 heteroatoms. The zero-order valence-corrected chi connectivity index (χ0v) is 19.8. The Kier molecular flexibility index (Phi) is 9.05. The number of Topliss-reactive ketones (excluding diaryl/α,β-unsaturated/α-hetero) is 1. The summed E-state index contributed by atoms with van der Waals surface area (Å²) in [5.74, 6) is -1.24. The van der Waals surface area contributed by atoms with E-state index in [1.54, 1.807) is 37.3 Å². The molecule has 0 saturated carbocycles. The fourth-order valence-electron chi connectivity index (χ4n) is 4.17. The summed E-state index contributed by atoms with van der Waals surface area (Å²) in [6, 6.07) is 7.88. The number of nitrogens with zero attached hydrogens (tertiary/aromatic N) is 3. The molecule has 3 rings (SSSR count). The number of hydrogen-bond acceptors (Lipinski definition) is 5. The molecule has 1 N–H and O–H groups in total. The molecule has 0 aliphatic carbocycles. The Hall–Kier alpha value is -3.44. The molecular weight excluding hydrogens is 484 g/mol. The number of alkyl halides is 4. The Labute approximate surface area is 205 Å². The van der Waals surface area contributed by atoms with Gasteiger partial charge in [-0.25, -0.2) is 13.9 Å². The molecule has 36 heavy (non-hydrogen) atoms. The predicted octanol–water partition coefficient (Wildman–Crippen LogP) is 4.18. The van der Waals surface area contributed by atoms with Crippen molar-refractivity contribution in [2.24, 2.45) is 5.92 Å². The first-order valence-corrected chi connectivity index (χ1v) is 11.6. The first kappa shape index (κ1) is 27.2. The van der Waals surface area contributed by atoms with Crippen LogP contribution >= 0.6 is 0 Å². The second kappa shape index (κ2) is 12.0. The molecule has 1 fully saturated rings. The van der Waals surface area contributed by atoms with Crippen LogP contribution in [0.25, 0.3) is 5.69 Å². The number of piperidine rings is 1. The maximum Gasteiger partial charge on any atom is 0.435 e. The molecule has 2 amide bonds. The molecule has 196 valence electrons. The second-order valence-corrected chi connectivity index (χ2v) is 8.56. The van der Waals surface area contributed by atoms with Crippen LogP contribution in [0, 0.1) is 5.92 Å². The van der Waals surface area contributed by atoms with Gasteiger partial charge in [0, 0.05) is 37.7 Å². The molecule has 1 aromatic heterocycles. The average Bonchev–Trinajstić information content (AvgIpc) is 3.32. The number of amides is 2. The number of ether oxygens (including phenoxy) is 1. The highest BCUT2D eigenvalue weighted by Gasteiger charge is 2.39. The summed E-state index contributed by atoms with van der Waals surface area (Å²) in [6.45, 7) is 1.03. The Morgan fingerprint density at radius 1 is 1.19 bits per heavy atom. The lowest BCUT2D eigenvalue weighted by atomic mass is 9.87. The highest BCUT2D eigenvalue weighted by Crippen LogP contribution is 2.31. The van der Waals surface area contributed by atoms with Crippen molar-refractivity contribution in [1.29, 1.82) is 0 Å². The number of aromatic nitrogens is 2. The Morgan fingerprint density at radius 2 is 1.92 bits per heavy atom. The van der Waals surface area contributed by atoms with Crippen LogP contribution in [0.2, 0.25) is 0 Å². The van der Waals surface area contributed by atoms with Crippen LogP contribution in [0.1, 0.15) is 48.7 Å². The molecule has 2 unspecified atom stereocenters. The van der Waals surface area contributed by atoms with E-state index in [9.17, 15) is 31.9 Å². The quantitative estimate of drug-likeness (QED) is 0.402. The maximum atomic E-state index is 13.5. The van der Waals surface area contributed by atoms with E-state index >= 15 is 0 Å². The van der Waals surface area contributed by atoms with Crippen LogP contribution in [0.15, 0.2) is 36.5 Å². The molecule has 2 heterocycles. The number of para-hydroxylation sites is 1. The lowest BCUT2D eigenvalue weighted by molar-refractivity contribution is -0.141. The third kappa shape index (κ3) is 6.82. The Balaban J connectivity index is 1.50. The van der Waals surface area contributed by atoms with Gasteiger partial charge in [-0.05, 0) is 38.3 Å². The van der Waals surface area contributed by atoms with Crippen LogP contribution in [0.3, 0.4) is 0 Å². The minimum atomic E-state index is -4.81. The van der Waals surface area contributed by atoms with Crippen LogP contribution in [0.5, 0.6) is 0 Å². The lowest BCUT2D eigenvalue weighted by Gasteiger charge is -2.36. The van der Waals surface area contributed by atoms with E-state index in [1.165, 1.54) is 4.90 Å². The van der Waals surface area contributed by atoms with Crippen LogP contribution in [-0.4, -0.2) is 64.9 Å². The van der Waals surface area contributed by atoms with Crippen molar-refractivity contribution in [2.45, 2.75) is 44.8 Å². The Bertz CT molecular complexity index is 1060. The maximum absolute atomic E-state index is 13.5. The first-order chi connectivity index (χ1) is 17.1. The summed E-state index contributed by atoms with van der Waals surface area (Å²) in [5.41, 5.74) is -1.51. The van der Waals surface area contributed by atoms with E-state index in [2.05, 4.69) is 10.4 Å². The van der Waals surface area contributed by atoms with Crippen LogP contribution < -0.4 is 5.32 Å². The molecule has 0 radical (unpaired) electrons.